The van der Waals surface area contributed by atoms with E-state index in [-0.39, 0.29) is 30.4 Å². The molecule has 4 atom stereocenters. The van der Waals surface area contributed by atoms with Gasteiger partial charge in [0.25, 0.3) is 0 Å². The lowest BCUT2D eigenvalue weighted by Gasteiger charge is -2.39. The van der Waals surface area contributed by atoms with Crippen molar-refractivity contribution in [3.8, 4) is 0 Å². The third-order valence-corrected chi connectivity index (χ3v) is 3.48. The van der Waals surface area contributed by atoms with Crippen LogP contribution in [0.2, 0.25) is 0 Å². The van der Waals surface area contributed by atoms with Crippen LogP contribution in [0.25, 0.3) is 0 Å². The van der Waals surface area contributed by atoms with Gasteiger partial charge in [-0.05, 0) is 6.92 Å². The highest BCUT2D eigenvalue weighted by Crippen LogP contribution is 2.31. The van der Waals surface area contributed by atoms with Crippen LogP contribution in [0, 0.1) is 0 Å². The smallest absolute Gasteiger partial charge is 0.184 e. The fraction of sp³-hybridized carbons (Fsp3) is 0.438. The van der Waals surface area contributed by atoms with Crippen LogP contribution in [0.5, 0.6) is 0 Å². The van der Waals surface area contributed by atoms with Crippen LogP contribution in [-0.2, 0) is 19.0 Å². The summed E-state index contributed by atoms with van der Waals surface area (Å²) in [6.07, 6.45) is 3.55. The molecule has 20 heavy (non-hydrogen) atoms. The van der Waals surface area contributed by atoms with Crippen molar-refractivity contribution in [1.29, 1.82) is 0 Å². The van der Waals surface area contributed by atoms with Crippen molar-refractivity contribution in [1.82, 2.24) is 0 Å². The lowest BCUT2D eigenvalue weighted by molar-refractivity contribution is -0.262. The molecule has 2 heterocycles. The van der Waals surface area contributed by atoms with Crippen molar-refractivity contribution in [2.45, 2.75) is 37.9 Å². The van der Waals surface area contributed by atoms with Crippen molar-refractivity contribution >= 4 is 5.78 Å². The van der Waals surface area contributed by atoms with Gasteiger partial charge in [-0.3, -0.25) is 4.79 Å². The molecule has 1 aromatic carbocycles. The normalized spacial score (nSPS) is 32.6. The van der Waals surface area contributed by atoms with Crippen LogP contribution in [0.3, 0.4) is 0 Å². The summed E-state index contributed by atoms with van der Waals surface area (Å²) in [4.78, 5) is 11.1. The van der Waals surface area contributed by atoms with Crippen molar-refractivity contribution in [2.24, 2.45) is 0 Å². The summed E-state index contributed by atoms with van der Waals surface area (Å²) in [5.74, 6) is 0.123. The molecular weight excluding hydrogens is 256 g/mol. The Morgan fingerprint density at radius 1 is 1.20 bits per heavy atom. The standard InChI is InChI=1S/C16H18O4/c1-11(17)9-13-7-8-14-15(19-13)10-18-16(20-14)12-5-3-2-4-6-12/h2-8,13-16H,9-10H2,1H3/t13-,14-,15+,16+/m0/s1. The van der Waals surface area contributed by atoms with E-state index in [0.29, 0.717) is 13.0 Å². The van der Waals surface area contributed by atoms with Crippen LogP contribution in [0.4, 0.5) is 0 Å². The summed E-state index contributed by atoms with van der Waals surface area (Å²) in [6, 6.07) is 9.85. The van der Waals surface area contributed by atoms with Gasteiger partial charge in [0.15, 0.2) is 6.29 Å². The summed E-state index contributed by atoms with van der Waals surface area (Å²) in [5, 5.41) is 0. The highest BCUT2D eigenvalue weighted by molar-refractivity contribution is 5.76. The molecule has 0 saturated carbocycles. The van der Waals surface area contributed by atoms with E-state index >= 15 is 0 Å². The van der Waals surface area contributed by atoms with Crippen molar-refractivity contribution in [3.63, 3.8) is 0 Å². The van der Waals surface area contributed by atoms with Crippen molar-refractivity contribution in [2.75, 3.05) is 6.61 Å². The summed E-state index contributed by atoms with van der Waals surface area (Å²) in [7, 11) is 0. The van der Waals surface area contributed by atoms with Gasteiger partial charge in [0.1, 0.15) is 18.0 Å². The zero-order valence-electron chi connectivity index (χ0n) is 11.4. The second-order valence-corrected chi connectivity index (χ2v) is 5.18. The second-order valence-electron chi connectivity index (χ2n) is 5.18. The molecule has 0 unspecified atom stereocenters. The Hall–Kier alpha value is -1.49. The minimum atomic E-state index is -0.352. The number of ether oxygens (including phenoxy) is 3. The number of carbonyl (C=O) groups is 1. The van der Waals surface area contributed by atoms with E-state index in [1.807, 2.05) is 42.5 Å². The van der Waals surface area contributed by atoms with Gasteiger partial charge >= 0.3 is 0 Å². The molecule has 1 aromatic rings. The molecule has 0 radical (unpaired) electrons. The number of carbonyl (C=O) groups excluding carboxylic acids is 1. The predicted octanol–water partition coefficient (Wildman–Crippen LogP) is 2.40. The van der Waals surface area contributed by atoms with Gasteiger partial charge in [-0.1, -0.05) is 42.5 Å². The summed E-state index contributed by atoms with van der Waals surface area (Å²) in [6.45, 7) is 2.05. The quantitative estimate of drug-likeness (QED) is 0.794. The third kappa shape index (κ3) is 2.98. The maximum Gasteiger partial charge on any atom is 0.184 e. The first-order valence-corrected chi connectivity index (χ1v) is 6.87. The Morgan fingerprint density at radius 3 is 2.75 bits per heavy atom. The van der Waals surface area contributed by atoms with E-state index in [9.17, 15) is 4.79 Å². The van der Waals surface area contributed by atoms with Gasteiger partial charge in [-0.25, -0.2) is 0 Å². The topological polar surface area (TPSA) is 44.8 Å². The molecular formula is C16H18O4. The zero-order valence-corrected chi connectivity index (χ0v) is 11.4. The van der Waals surface area contributed by atoms with Gasteiger partial charge < -0.3 is 14.2 Å². The lowest BCUT2D eigenvalue weighted by atomic mass is 10.0. The largest absolute Gasteiger partial charge is 0.365 e. The number of hydrogen-bond acceptors (Lipinski definition) is 4. The van der Waals surface area contributed by atoms with Crippen LogP contribution >= 0.6 is 0 Å². The monoisotopic (exact) mass is 274 g/mol. The Balaban J connectivity index is 1.66. The molecule has 0 bridgehead atoms. The summed E-state index contributed by atoms with van der Waals surface area (Å²) >= 11 is 0. The zero-order chi connectivity index (χ0) is 13.9. The van der Waals surface area contributed by atoms with E-state index in [1.54, 1.807) is 6.92 Å². The SMILES string of the molecule is CC(=O)C[C@@H]1C=C[C@@H]2O[C@H](c3ccccc3)OC[C@H]2O1. The minimum Gasteiger partial charge on any atom is -0.365 e. The number of ketones is 1. The third-order valence-electron chi connectivity index (χ3n) is 3.48. The van der Waals surface area contributed by atoms with Gasteiger partial charge in [-0.2, -0.15) is 0 Å². The molecule has 1 fully saturated rings. The van der Waals surface area contributed by atoms with Crippen LogP contribution in [-0.4, -0.2) is 30.7 Å². The number of hydrogen-bond donors (Lipinski definition) is 0. The average molecular weight is 274 g/mol. The molecule has 2 aliphatic heterocycles. The number of rotatable bonds is 3. The molecule has 4 heteroatoms. The van der Waals surface area contributed by atoms with Crippen LogP contribution in [0.1, 0.15) is 25.2 Å². The predicted molar refractivity (Wildman–Crippen MR) is 73.1 cm³/mol. The van der Waals surface area contributed by atoms with Crippen LogP contribution < -0.4 is 0 Å². The molecule has 3 rings (SSSR count). The highest BCUT2D eigenvalue weighted by Gasteiger charge is 2.35. The Labute approximate surface area is 118 Å². The summed E-state index contributed by atoms with van der Waals surface area (Å²) < 4.78 is 17.5. The fourth-order valence-electron chi connectivity index (χ4n) is 2.52. The minimum absolute atomic E-state index is 0.114. The molecule has 1 saturated heterocycles. The fourth-order valence-corrected chi connectivity index (χ4v) is 2.52. The van der Waals surface area contributed by atoms with E-state index in [1.165, 1.54) is 0 Å². The number of fused-ring (bicyclic) bond motifs is 1. The molecule has 0 spiro atoms. The first-order valence-electron chi connectivity index (χ1n) is 6.87. The van der Waals surface area contributed by atoms with E-state index in [4.69, 9.17) is 14.2 Å². The molecule has 2 aliphatic rings. The Bertz CT molecular complexity index is 496. The van der Waals surface area contributed by atoms with E-state index < -0.39 is 0 Å². The number of benzene rings is 1. The molecule has 0 aromatic heterocycles. The molecule has 0 N–H and O–H groups in total. The average Bonchev–Trinajstić information content (AvgIpc) is 2.47. The maximum atomic E-state index is 11.1. The maximum absolute atomic E-state index is 11.1. The number of Topliss-reactive ketones (excluding diaryl/α,β-unsaturated/α-hetero) is 1. The molecule has 106 valence electrons. The highest BCUT2D eigenvalue weighted by atomic mass is 16.7. The van der Waals surface area contributed by atoms with Crippen molar-refractivity contribution < 1.29 is 19.0 Å². The molecule has 0 amide bonds. The van der Waals surface area contributed by atoms with E-state index in [0.717, 1.165) is 5.56 Å². The lowest BCUT2D eigenvalue weighted by Crippen LogP contribution is -2.45. The van der Waals surface area contributed by atoms with Gasteiger partial charge in [0.2, 0.25) is 0 Å². The second kappa shape index (κ2) is 5.87. The first kappa shape index (κ1) is 13.5. The van der Waals surface area contributed by atoms with E-state index in [2.05, 4.69) is 0 Å². The Morgan fingerprint density at radius 2 is 2.00 bits per heavy atom. The van der Waals surface area contributed by atoms with Crippen LogP contribution in [0.15, 0.2) is 42.5 Å². The van der Waals surface area contributed by atoms with Crippen molar-refractivity contribution in [3.05, 3.63) is 48.0 Å². The Kier molecular flexibility index (Phi) is 3.96. The first-order chi connectivity index (χ1) is 9.72. The van der Waals surface area contributed by atoms with Gasteiger partial charge in [0, 0.05) is 12.0 Å². The summed E-state index contributed by atoms with van der Waals surface area (Å²) in [5.41, 5.74) is 1.00. The van der Waals surface area contributed by atoms with Gasteiger partial charge in [0.05, 0.1) is 12.7 Å². The van der Waals surface area contributed by atoms with Gasteiger partial charge in [-0.15, -0.1) is 0 Å². The molecule has 4 nitrogen and oxygen atoms in total. The molecule has 0 aliphatic carbocycles.